The Kier molecular flexibility index (Phi) is 8.05. The molecule has 0 heterocycles. The topological polar surface area (TPSA) is 77.0 Å². The Morgan fingerprint density at radius 1 is 0.968 bits per heavy atom. The summed E-state index contributed by atoms with van der Waals surface area (Å²) in [5.74, 6) is -0.959. The van der Waals surface area contributed by atoms with Crippen molar-refractivity contribution in [1.29, 1.82) is 0 Å². The molecule has 0 amide bonds. The molecule has 0 saturated heterocycles. The molecule has 0 unspecified atom stereocenters. The lowest BCUT2D eigenvalue weighted by Gasteiger charge is -2.19. The summed E-state index contributed by atoms with van der Waals surface area (Å²) in [6, 6.07) is 25.0. The van der Waals surface area contributed by atoms with Gasteiger partial charge in [0.15, 0.2) is 0 Å². The summed E-state index contributed by atoms with van der Waals surface area (Å²) < 4.78 is 0. The lowest BCUT2D eigenvalue weighted by Crippen LogP contribution is -2.19. The number of nitrogens with one attached hydrogen (secondary N) is 2. The van der Waals surface area contributed by atoms with Crippen molar-refractivity contribution >= 4 is 29.2 Å². The molecule has 0 fully saturated rings. The first kappa shape index (κ1) is 21.9. The van der Waals surface area contributed by atoms with E-state index in [1.54, 1.807) is 30.5 Å². The molecule has 3 N–H and O–H groups in total. The summed E-state index contributed by atoms with van der Waals surface area (Å²) in [7, 11) is 2.10. The minimum Gasteiger partial charge on any atom is -0.478 e. The molecule has 31 heavy (non-hydrogen) atoms. The Hall–Kier alpha value is -3.80. The van der Waals surface area contributed by atoms with E-state index >= 15 is 0 Å². The molecule has 3 aromatic carbocycles. The molecular formula is C25H28N4O2. The second-order valence-electron chi connectivity index (χ2n) is 7.27. The van der Waals surface area contributed by atoms with Gasteiger partial charge in [-0.05, 0) is 60.9 Å². The largest absolute Gasteiger partial charge is 0.478 e. The number of hydrogen-bond donors (Lipinski definition) is 3. The van der Waals surface area contributed by atoms with E-state index in [1.807, 2.05) is 30.3 Å². The highest BCUT2D eigenvalue weighted by molar-refractivity contribution is 5.89. The Morgan fingerprint density at radius 3 is 2.45 bits per heavy atom. The maximum absolute atomic E-state index is 11.0. The van der Waals surface area contributed by atoms with Crippen LogP contribution in [0.1, 0.15) is 28.8 Å². The first-order chi connectivity index (χ1) is 15.1. The number of unbranched alkanes of at least 4 members (excludes halogenated alkanes) is 1. The van der Waals surface area contributed by atoms with E-state index < -0.39 is 5.97 Å². The van der Waals surface area contributed by atoms with Crippen molar-refractivity contribution in [3.05, 3.63) is 90.0 Å². The van der Waals surface area contributed by atoms with Crippen LogP contribution >= 0.6 is 0 Å². The molecule has 0 aliphatic rings. The third-order valence-electron chi connectivity index (χ3n) is 4.87. The number of rotatable bonds is 11. The van der Waals surface area contributed by atoms with Crippen LogP contribution in [-0.4, -0.2) is 37.4 Å². The molecule has 3 rings (SSSR count). The van der Waals surface area contributed by atoms with Gasteiger partial charge in [0.05, 0.1) is 17.5 Å². The van der Waals surface area contributed by atoms with Gasteiger partial charge in [-0.2, -0.15) is 5.10 Å². The number of nitrogens with zero attached hydrogens (tertiary/aromatic N) is 2. The van der Waals surface area contributed by atoms with E-state index in [0.717, 1.165) is 42.9 Å². The number of carboxylic acids is 1. The van der Waals surface area contributed by atoms with Crippen LogP contribution in [0.25, 0.3) is 0 Å². The summed E-state index contributed by atoms with van der Waals surface area (Å²) >= 11 is 0. The van der Waals surface area contributed by atoms with E-state index in [-0.39, 0.29) is 5.56 Å². The third-order valence-corrected chi connectivity index (χ3v) is 4.87. The fraction of sp³-hybridized carbons (Fsp3) is 0.200. The van der Waals surface area contributed by atoms with Crippen LogP contribution in [0.15, 0.2) is 84.0 Å². The molecular weight excluding hydrogens is 388 g/mol. The zero-order chi connectivity index (χ0) is 21.9. The SMILES string of the molecule is CN(CCCCNc1ccccc1)c1ccc(/C=N/Nc2cccc(C(=O)O)c2)cc1. The molecule has 0 aliphatic heterocycles. The molecule has 0 bridgehead atoms. The monoisotopic (exact) mass is 416 g/mol. The first-order valence-electron chi connectivity index (χ1n) is 10.3. The van der Waals surface area contributed by atoms with Crippen LogP contribution in [0.4, 0.5) is 17.1 Å². The fourth-order valence-electron chi connectivity index (χ4n) is 3.11. The number of anilines is 3. The van der Waals surface area contributed by atoms with Crippen molar-refractivity contribution in [2.75, 3.05) is 35.8 Å². The van der Waals surface area contributed by atoms with Gasteiger partial charge in [-0.3, -0.25) is 5.43 Å². The lowest BCUT2D eigenvalue weighted by molar-refractivity contribution is 0.0697. The van der Waals surface area contributed by atoms with Crippen LogP contribution in [0.5, 0.6) is 0 Å². The van der Waals surface area contributed by atoms with Crippen molar-refractivity contribution in [2.24, 2.45) is 5.10 Å². The minimum absolute atomic E-state index is 0.225. The number of carbonyl (C=O) groups is 1. The van der Waals surface area contributed by atoms with Gasteiger partial charge in [0.1, 0.15) is 0 Å². The minimum atomic E-state index is -0.959. The van der Waals surface area contributed by atoms with Crippen molar-refractivity contribution in [1.82, 2.24) is 0 Å². The molecule has 0 saturated carbocycles. The predicted octanol–water partition coefficient (Wildman–Crippen LogP) is 5.16. The van der Waals surface area contributed by atoms with Crippen molar-refractivity contribution in [3.8, 4) is 0 Å². The smallest absolute Gasteiger partial charge is 0.335 e. The van der Waals surface area contributed by atoms with Gasteiger partial charge in [0.2, 0.25) is 0 Å². The van der Waals surface area contributed by atoms with Gasteiger partial charge in [-0.25, -0.2) is 4.79 Å². The van der Waals surface area contributed by atoms with Gasteiger partial charge in [0.25, 0.3) is 0 Å². The van der Waals surface area contributed by atoms with Crippen LogP contribution in [0.2, 0.25) is 0 Å². The van der Waals surface area contributed by atoms with Gasteiger partial charge < -0.3 is 15.3 Å². The molecule has 3 aromatic rings. The maximum atomic E-state index is 11.0. The molecule has 6 nitrogen and oxygen atoms in total. The van der Waals surface area contributed by atoms with Crippen LogP contribution < -0.4 is 15.6 Å². The van der Waals surface area contributed by atoms with Crippen LogP contribution in [0.3, 0.4) is 0 Å². The summed E-state index contributed by atoms with van der Waals surface area (Å²) in [5, 5.41) is 16.7. The van der Waals surface area contributed by atoms with Crippen molar-refractivity contribution in [3.63, 3.8) is 0 Å². The average Bonchev–Trinajstić information content (AvgIpc) is 2.80. The summed E-state index contributed by atoms with van der Waals surface area (Å²) in [6.07, 6.45) is 3.93. The predicted molar refractivity (Wildman–Crippen MR) is 128 cm³/mol. The quantitative estimate of drug-likeness (QED) is 0.229. The average molecular weight is 417 g/mol. The van der Waals surface area contributed by atoms with Gasteiger partial charge in [0, 0.05) is 31.5 Å². The number of hydrazone groups is 1. The van der Waals surface area contributed by atoms with Crippen molar-refractivity contribution in [2.45, 2.75) is 12.8 Å². The van der Waals surface area contributed by atoms with E-state index in [4.69, 9.17) is 5.11 Å². The highest BCUT2D eigenvalue weighted by Crippen LogP contribution is 2.15. The second kappa shape index (κ2) is 11.4. The number of benzene rings is 3. The zero-order valence-corrected chi connectivity index (χ0v) is 17.7. The molecule has 0 aliphatic carbocycles. The zero-order valence-electron chi connectivity index (χ0n) is 17.7. The van der Waals surface area contributed by atoms with E-state index in [9.17, 15) is 4.79 Å². The Labute approximate surface area is 183 Å². The number of carboxylic acid groups (broad SMARTS) is 1. The molecule has 160 valence electrons. The molecule has 0 radical (unpaired) electrons. The summed E-state index contributed by atoms with van der Waals surface area (Å²) in [5.41, 5.74) is 7.02. The third kappa shape index (κ3) is 7.19. The van der Waals surface area contributed by atoms with E-state index in [2.05, 4.69) is 52.1 Å². The van der Waals surface area contributed by atoms with Crippen LogP contribution in [-0.2, 0) is 0 Å². The Bertz CT molecular complexity index is 988. The highest BCUT2D eigenvalue weighted by Gasteiger charge is 2.03. The molecule has 0 spiro atoms. The van der Waals surface area contributed by atoms with E-state index in [0.29, 0.717) is 5.69 Å². The lowest BCUT2D eigenvalue weighted by atomic mass is 10.2. The normalized spacial score (nSPS) is 10.7. The second-order valence-corrected chi connectivity index (χ2v) is 7.27. The fourth-order valence-corrected chi connectivity index (χ4v) is 3.11. The highest BCUT2D eigenvalue weighted by atomic mass is 16.4. The van der Waals surface area contributed by atoms with Gasteiger partial charge in [-0.15, -0.1) is 0 Å². The molecule has 0 atom stereocenters. The molecule has 0 aromatic heterocycles. The Morgan fingerprint density at radius 2 is 1.71 bits per heavy atom. The number of hydrogen-bond acceptors (Lipinski definition) is 5. The Balaban J connectivity index is 1.41. The van der Waals surface area contributed by atoms with Crippen LogP contribution in [0, 0.1) is 0 Å². The standard InChI is InChI=1S/C25H28N4O2/c1-29(17-6-5-16-26-22-9-3-2-4-10-22)24-14-12-20(13-15-24)19-27-28-23-11-7-8-21(18-23)25(30)31/h2-4,7-15,18-19,26,28H,5-6,16-17H2,1H3,(H,30,31)/b27-19+. The van der Waals surface area contributed by atoms with Gasteiger partial charge >= 0.3 is 5.97 Å². The summed E-state index contributed by atoms with van der Waals surface area (Å²) in [6.45, 7) is 1.96. The van der Waals surface area contributed by atoms with Gasteiger partial charge in [-0.1, -0.05) is 36.4 Å². The number of aromatic carboxylic acids is 1. The number of para-hydroxylation sites is 1. The maximum Gasteiger partial charge on any atom is 0.335 e. The first-order valence-corrected chi connectivity index (χ1v) is 10.3. The van der Waals surface area contributed by atoms with E-state index in [1.165, 1.54) is 0 Å². The van der Waals surface area contributed by atoms with Crippen molar-refractivity contribution < 1.29 is 9.90 Å². The molecule has 6 heteroatoms. The summed E-state index contributed by atoms with van der Waals surface area (Å²) in [4.78, 5) is 13.3.